The minimum absolute atomic E-state index is 0.185. The Morgan fingerprint density at radius 2 is 2.18 bits per heavy atom. The standard InChI is InChI=1S/C10H18N4O2S/c11-3-1-2-8-17(15,16)14-7-6-13-5-4-12-10(13)9-14/h4-5H,1-3,6-9,11H2. The Hall–Kier alpha value is -0.920. The molecule has 6 nitrogen and oxygen atoms in total. The van der Waals surface area contributed by atoms with E-state index in [4.69, 9.17) is 5.73 Å². The molecule has 1 aromatic heterocycles. The van der Waals surface area contributed by atoms with Crippen LogP contribution in [0.25, 0.3) is 0 Å². The van der Waals surface area contributed by atoms with Gasteiger partial charge in [-0.25, -0.2) is 13.4 Å². The van der Waals surface area contributed by atoms with Crippen LogP contribution in [0, 0.1) is 0 Å². The third-order valence-electron chi connectivity index (χ3n) is 2.96. The van der Waals surface area contributed by atoms with Crippen molar-refractivity contribution in [3.8, 4) is 0 Å². The summed E-state index contributed by atoms with van der Waals surface area (Å²) in [6.45, 7) is 2.15. The fourth-order valence-electron chi connectivity index (χ4n) is 1.95. The number of fused-ring (bicyclic) bond motifs is 1. The molecular formula is C10H18N4O2S. The van der Waals surface area contributed by atoms with E-state index in [2.05, 4.69) is 4.98 Å². The molecule has 0 radical (unpaired) electrons. The van der Waals surface area contributed by atoms with Crippen molar-refractivity contribution in [1.29, 1.82) is 0 Å². The maximum Gasteiger partial charge on any atom is 0.214 e. The SMILES string of the molecule is NCCCCS(=O)(=O)N1CCn2ccnc2C1. The van der Waals surface area contributed by atoms with Crippen molar-refractivity contribution < 1.29 is 8.42 Å². The molecule has 2 rings (SSSR count). The molecule has 2 N–H and O–H groups in total. The highest BCUT2D eigenvalue weighted by Crippen LogP contribution is 2.15. The van der Waals surface area contributed by atoms with E-state index in [1.807, 2.05) is 10.8 Å². The summed E-state index contributed by atoms with van der Waals surface area (Å²) in [5.74, 6) is 1.00. The summed E-state index contributed by atoms with van der Waals surface area (Å²) in [7, 11) is -3.15. The second-order valence-corrected chi connectivity index (χ2v) is 6.27. The first kappa shape index (κ1) is 12.5. The van der Waals surface area contributed by atoms with Crippen molar-refractivity contribution in [3.05, 3.63) is 18.2 Å². The molecular weight excluding hydrogens is 240 g/mol. The zero-order valence-corrected chi connectivity index (χ0v) is 10.6. The van der Waals surface area contributed by atoms with Gasteiger partial charge in [0.1, 0.15) is 5.82 Å². The lowest BCUT2D eigenvalue weighted by molar-refractivity contribution is 0.335. The van der Waals surface area contributed by atoms with Crippen LogP contribution in [0.3, 0.4) is 0 Å². The minimum Gasteiger partial charge on any atom is -0.333 e. The summed E-state index contributed by atoms with van der Waals surface area (Å²) in [6.07, 6.45) is 4.97. The van der Waals surface area contributed by atoms with E-state index in [0.717, 1.165) is 12.2 Å². The van der Waals surface area contributed by atoms with Gasteiger partial charge in [-0.1, -0.05) is 0 Å². The fraction of sp³-hybridized carbons (Fsp3) is 0.700. The van der Waals surface area contributed by atoms with Crippen molar-refractivity contribution in [2.75, 3.05) is 18.8 Å². The maximum atomic E-state index is 12.0. The van der Waals surface area contributed by atoms with E-state index in [-0.39, 0.29) is 5.75 Å². The summed E-state index contributed by atoms with van der Waals surface area (Å²) >= 11 is 0. The third-order valence-corrected chi connectivity index (χ3v) is 4.86. The molecule has 0 spiro atoms. The monoisotopic (exact) mass is 258 g/mol. The van der Waals surface area contributed by atoms with Crippen LogP contribution in [0.1, 0.15) is 18.7 Å². The lowest BCUT2D eigenvalue weighted by Gasteiger charge is -2.26. The predicted octanol–water partition coefficient (Wildman–Crippen LogP) is -0.233. The highest BCUT2D eigenvalue weighted by Gasteiger charge is 2.26. The van der Waals surface area contributed by atoms with Crippen LogP contribution in [0.4, 0.5) is 0 Å². The molecule has 0 saturated heterocycles. The van der Waals surface area contributed by atoms with Crippen LogP contribution in [0.15, 0.2) is 12.4 Å². The van der Waals surface area contributed by atoms with Crippen molar-refractivity contribution in [2.24, 2.45) is 5.73 Å². The maximum absolute atomic E-state index is 12.0. The first-order chi connectivity index (χ1) is 8.13. The van der Waals surface area contributed by atoms with Crippen molar-refractivity contribution in [2.45, 2.75) is 25.9 Å². The summed E-state index contributed by atoms with van der Waals surface area (Å²) in [5.41, 5.74) is 5.36. The van der Waals surface area contributed by atoms with Crippen LogP contribution in [-0.4, -0.2) is 41.1 Å². The Bertz CT molecular complexity index is 468. The van der Waals surface area contributed by atoms with Gasteiger partial charge in [0, 0.05) is 25.5 Å². The number of nitrogens with zero attached hydrogens (tertiary/aromatic N) is 3. The second kappa shape index (κ2) is 5.16. The summed E-state index contributed by atoms with van der Waals surface area (Å²) in [5, 5.41) is 0. The molecule has 0 fully saturated rings. The normalized spacial score (nSPS) is 17.0. The van der Waals surface area contributed by atoms with E-state index >= 15 is 0 Å². The summed E-state index contributed by atoms with van der Waals surface area (Å²) < 4.78 is 27.6. The first-order valence-electron chi connectivity index (χ1n) is 5.81. The Morgan fingerprint density at radius 3 is 2.94 bits per heavy atom. The molecule has 0 aliphatic carbocycles. The molecule has 2 heterocycles. The predicted molar refractivity (Wildman–Crippen MR) is 64.7 cm³/mol. The van der Waals surface area contributed by atoms with Gasteiger partial charge < -0.3 is 10.3 Å². The van der Waals surface area contributed by atoms with Crippen LogP contribution >= 0.6 is 0 Å². The number of rotatable bonds is 5. The summed E-state index contributed by atoms with van der Waals surface area (Å²) in [6, 6.07) is 0. The van der Waals surface area contributed by atoms with E-state index in [9.17, 15) is 8.42 Å². The lowest BCUT2D eigenvalue weighted by Crippen LogP contribution is -2.39. The van der Waals surface area contributed by atoms with Crippen LogP contribution in [0.2, 0.25) is 0 Å². The van der Waals surface area contributed by atoms with Crippen molar-refractivity contribution in [3.63, 3.8) is 0 Å². The highest BCUT2D eigenvalue weighted by molar-refractivity contribution is 7.89. The minimum atomic E-state index is -3.15. The molecule has 0 amide bonds. The molecule has 0 unspecified atom stereocenters. The van der Waals surface area contributed by atoms with Gasteiger partial charge in [0.05, 0.1) is 12.3 Å². The quantitative estimate of drug-likeness (QED) is 0.740. The Morgan fingerprint density at radius 1 is 1.35 bits per heavy atom. The molecule has 1 aliphatic rings. The number of imidazole rings is 1. The molecule has 0 bridgehead atoms. The number of hydrogen-bond acceptors (Lipinski definition) is 4. The van der Waals surface area contributed by atoms with Gasteiger partial charge in [0.25, 0.3) is 0 Å². The molecule has 17 heavy (non-hydrogen) atoms. The average molecular weight is 258 g/mol. The van der Waals surface area contributed by atoms with E-state index < -0.39 is 10.0 Å². The zero-order chi connectivity index (χ0) is 12.3. The molecule has 7 heteroatoms. The van der Waals surface area contributed by atoms with E-state index in [1.165, 1.54) is 4.31 Å². The molecule has 0 saturated carbocycles. The summed E-state index contributed by atoms with van der Waals surface area (Å²) in [4.78, 5) is 4.15. The van der Waals surface area contributed by atoms with Gasteiger partial charge in [0.15, 0.2) is 0 Å². The molecule has 0 aromatic carbocycles. The zero-order valence-electron chi connectivity index (χ0n) is 9.75. The smallest absolute Gasteiger partial charge is 0.214 e. The molecule has 1 aliphatic heterocycles. The molecule has 96 valence electrons. The van der Waals surface area contributed by atoms with Crippen LogP contribution < -0.4 is 5.73 Å². The van der Waals surface area contributed by atoms with Gasteiger partial charge in [-0.05, 0) is 19.4 Å². The van der Waals surface area contributed by atoms with Crippen LogP contribution in [-0.2, 0) is 23.1 Å². The number of hydrogen-bond donors (Lipinski definition) is 1. The fourth-order valence-corrected chi connectivity index (χ4v) is 3.45. The van der Waals surface area contributed by atoms with Gasteiger partial charge in [-0.15, -0.1) is 0 Å². The number of unbranched alkanes of at least 4 members (excludes halogenated alkanes) is 1. The van der Waals surface area contributed by atoms with E-state index in [1.54, 1.807) is 6.20 Å². The van der Waals surface area contributed by atoms with Gasteiger partial charge in [-0.2, -0.15) is 4.31 Å². The van der Waals surface area contributed by atoms with Gasteiger partial charge in [0.2, 0.25) is 10.0 Å². The third kappa shape index (κ3) is 2.85. The lowest BCUT2D eigenvalue weighted by atomic mass is 10.3. The topological polar surface area (TPSA) is 81.2 Å². The largest absolute Gasteiger partial charge is 0.333 e. The number of sulfonamides is 1. The average Bonchev–Trinajstić information content (AvgIpc) is 2.76. The highest BCUT2D eigenvalue weighted by atomic mass is 32.2. The Labute approximate surface area is 101 Å². The Kier molecular flexibility index (Phi) is 3.80. The second-order valence-electron chi connectivity index (χ2n) is 4.18. The molecule has 0 atom stereocenters. The first-order valence-corrected chi connectivity index (χ1v) is 7.42. The van der Waals surface area contributed by atoms with Gasteiger partial charge in [-0.3, -0.25) is 0 Å². The van der Waals surface area contributed by atoms with Crippen LogP contribution in [0.5, 0.6) is 0 Å². The molecule has 1 aromatic rings. The Balaban J connectivity index is 2.00. The number of nitrogens with two attached hydrogens (primary N) is 1. The van der Waals surface area contributed by atoms with E-state index in [0.29, 0.717) is 32.6 Å². The number of aromatic nitrogens is 2. The van der Waals surface area contributed by atoms with Crippen molar-refractivity contribution >= 4 is 10.0 Å². The van der Waals surface area contributed by atoms with Gasteiger partial charge >= 0.3 is 0 Å². The van der Waals surface area contributed by atoms with Crippen molar-refractivity contribution in [1.82, 2.24) is 13.9 Å².